The van der Waals surface area contributed by atoms with Gasteiger partial charge in [-0.05, 0) is 49.4 Å². The maximum Gasteiger partial charge on any atom is 0.211 e. The number of benzene rings is 1. The minimum Gasteiger partial charge on any atom is -0.492 e. The van der Waals surface area contributed by atoms with Crippen molar-refractivity contribution in [2.45, 2.75) is 31.3 Å². The summed E-state index contributed by atoms with van der Waals surface area (Å²) in [6.45, 7) is 0.333. The number of halogens is 1. The van der Waals surface area contributed by atoms with Crippen molar-refractivity contribution in [3.8, 4) is 5.75 Å². The molecule has 0 unspecified atom stereocenters. The first-order chi connectivity index (χ1) is 9.45. The van der Waals surface area contributed by atoms with Crippen molar-refractivity contribution >= 4 is 10.0 Å². The molecule has 1 saturated heterocycles. The molecule has 0 spiro atoms. The molecule has 3 rings (SSSR count). The molecule has 2 aliphatic rings. The molecule has 0 N–H and O–H groups in total. The van der Waals surface area contributed by atoms with E-state index in [1.54, 1.807) is 16.4 Å². The second kappa shape index (κ2) is 5.00. The highest BCUT2D eigenvalue weighted by Gasteiger charge is 2.50. The van der Waals surface area contributed by atoms with Gasteiger partial charge in [0.1, 0.15) is 18.2 Å². The van der Waals surface area contributed by atoms with Gasteiger partial charge in [-0.25, -0.2) is 12.8 Å². The molecule has 110 valence electrons. The fourth-order valence-corrected chi connectivity index (χ4v) is 4.95. The predicted molar refractivity (Wildman–Crippen MR) is 73.5 cm³/mol. The molecular formula is C14H18FNO3S. The van der Waals surface area contributed by atoms with Crippen LogP contribution < -0.4 is 4.74 Å². The summed E-state index contributed by atoms with van der Waals surface area (Å²) in [4.78, 5) is 0. The summed E-state index contributed by atoms with van der Waals surface area (Å²) in [6.07, 6.45) is 4.21. The molecule has 3 atom stereocenters. The smallest absolute Gasteiger partial charge is 0.211 e. The largest absolute Gasteiger partial charge is 0.492 e. The molecular weight excluding hydrogens is 281 g/mol. The minimum atomic E-state index is -3.20. The third kappa shape index (κ3) is 2.54. The van der Waals surface area contributed by atoms with Crippen LogP contribution in [-0.4, -0.2) is 37.7 Å². The molecule has 0 aromatic heterocycles. The molecule has 6 heteroatoms. The molecule has 1 saturated carbocycles. The molecule has 0 radical (unpaired) electrons. The lowest BCUT2D eigenvalue weighted by molar-refractivity contribution is 0.163. The Morgan fingerprint density at radius 3 is 2.65 bits per heavy atom. The van der Waals surface area contributed by atoms with Crippen LogP contribution in [0, 0.1) is 11.7 Å². The summed E-state index contributed by atoms with van der Waals surface area (Å²) in [5.74, 6) is 0.646. The number of sulfonamides is 1. The fraction of sp³-hybridized carbons (Fsp3) is 0.571. The number of hydrogen-bond donors (Lipinski definition) is 0. The van der Waals surface area contributed by atoms with Crippen molar-refractivity contribution in [1.29, 1.82) is 0 Å². The van der Waals surface area contributed by atoms with Gasteiger partial charge in [-0.1, -0.05) is 0 Å². The van der Waals surface area contributed by atoms with Gasteiger partial charge < -0.3 is 4.74 Å². The number of piperidine rings is 1. The minimum absolute atomic E-state index is 0.0891. The molecule has 2 bridgehead atoms. The summed E-state index contributed by atoms with van der Waals surface area (Å²) >= 11 is 0. The first-order valence-corrected chi connectivity index (χ1v) is 8.67. The SMILES string of the molecule is CS(=O)(=O)N1[C@H]2CC[C@@H](C2)[C@H]1COc1ccc(F)cc1. The summed E-state index contributed by atoms with van der Waals surface area (Å²) in [7, 11) is -3.20. The number of nitrogens with zero attached hydrogens (tertiary/aromatic N) is 1. The Kier molecular flexibility index (Phi) is 3.46. The zero-order valence-electron chi connectivity index (χ0n) is 11.3. The van der Waals surface area contributed by atoms with Gasteiger partial charge >= 0.3 is 0 Å². The van der Waals surface area contributed by atoms with E-state index >= 15 is 0 Å². The first-order valence-electron chi connectivity index (χ1n) is 6.82. The van der Waals surface area contributed by atoms with Crippen molar-refractivity contribution in [1.82, 2.24) is 4.31 Å². The highest BCUT2D eigenvalue weighted by atomic mass is 32.2. The molecule has 1 aliphatic heterocycles. The summed E-state index contributed by atoms with van der Waals surface area (Å²) in [6, 6.07) is 5.85. The average molecular weight is 299 g/mol. The molecule has 1 heterocycles. The lowest BCUT2D eigenvalue weighted by Crippen LogP contribution is -2.47. The van der Waals surface area contributed by atoms with Gasteiger partial charge in [-0.2, -0.15) is 4.31 Å². The number of rotatable bonds is 4. The van der Waals surface area contributed by atoms with E-state index in [0.29, 0.717) is 18.3 Å². The van der Waals surface area contributed by atoms with E-state index in [9.17, 15) is 12.8 Å². The van der Waals surface area contributed by atoms with Crippen molar-refractivity contribution in [2.75, 3.05) is 12.9 Å². The number of fused-ring (bicyclic) bond motifs is 2. The topological polar surface area (TPSA) is 46.6 Å². The fourth-order valence-electron chi connectivity index (χ4n) is 3.49. The van der Waals surface area contributed by atoms with Crippen LogP contribution in [0.1, 0.15) is 19.3 Å². The third-order valence-electron chi connectivity index (χ3n) is 4.29. The maximum atomic E-state index is 12.8. The molecule has 0 amide bonds. The van der Waals surface area contributed by atoms with Crippen LogP contribution in [0.2, 0.25) is 0 Å². The van der Waals surface area contributed by atoms with Crippen molar-refractivity contribution < 1.29 is 17.5 Å². The van der Waals surface area contributed by atoms with Crippen LogP contribution in [0.3, 0.4) is 0 Å². The molecule has 2 fully saturated rings. The Balaban J connectivity index is 1.71. The Bertz CT molecular complexity index is 587. The maximum absolute atomic E-state index is 12.8. The van der Waals surface area contributed by atoms with E-state index in [-0.39, 0.29) is 17.9 Å². The average Bonchev–Trinajstić information content (AvgIpc) is 2.97. The van der Waals surface area contributed by atoms with Gasteiger partial charge in [-0.15, -0.1) is 0 Å². The van der Waals surface area contributed by atoms with Gasteiger partial charge in [0, 0.05) is 6.04 Å². The standard InChI is InChI=1S/C14H18FNO3S/c1-20(17,18)16-12-5-2-10(8-12)14(16)9-19-13-6-3-11(15)4-7-13/h3-4,6-7,10,12,14H,2,5,8-9H2,1H3/t10-,12-,14+/m0/s1. The molecule has 1 aliphatic carbocycles. The zero-order chi connectivity index (χ0) is 14.3. The lowest BCUT2D eigenvalue weighted by atomic mass is 10.0. The highest BCUT2D eigenvalue weighted by molar-refractivity contribution is 7.88. The van der Waals surface area contributed by atoms with Gasteiger partial charge in [0.05, 0.1) is 12.3 Å². The van der Waals surface area contributed by atoms with Gasteiger partial charge in [0.2, 0.25) is 10.0 Å². The van der Waals surface area contributed by atoms with Crippen LogP contribution in [-0.2, 0) is 10.0 Å². The normalized spacial score (nSPS) is 29.8. The highest BCUT2D eigenvalue weighted by Crippen LogP contribution is 2.43. The van der Waals surface area contributed by atoms with Gasteiger partial charge in [-0.3, -0.25) is 0 Å². The van der Waals surface area contributed by atoms with Crippen molar-refractivity contribution in [2.24, 2.45) is 5.92 Å². The Morgan fingerprint density at radius 1 is 1.30 bits per heavy atom. The predicted octanol–water partition coefficient (Wildman–Crippen LogP) is 2.02. The molecule has 1 aromatic carbocycles. The summed E-state index contributed by atoms with van der Waals surface area (Å²) in [5, 5.41) is 0. The van der Waals surface area contributed by atoms with Crippen molar-refractivity contribution in [3.63, 3.8) is 0 Å². The zero-order valence-corrected chi connectivity index (χ0v) is 12.1. The van der Waals surface area contributed by atoms with E-state index < -0.39 is 10.0 Å². The van der Waals surface area contributed by atoms with Crippen molar-refractivity contribution in [3.05, 3.63) is 30.1 Å². The lowest BCUT2D eigenvalue weighted by Gasteiger charge is -2.33. The van der Waals surface area contributed by atoms with E-state index in [4.69, 9.17) is 4.74 Å². The monoisotopic (exact) mass is 299 g/mol. The van der Waals surface area contributed by atoms with Gasteiger partial charge in [0.25, 0.3) is 0 Å². The second-order valence-electron chi connectivity index (χ2n) is 5.65. The van der Waals surface area contributed by atoms with E-state index in [1.807, 2.05) is 0 Å². The molecule has 1 aromatic rings. The van der Waals surface area contributed by atoms with E-state index in [0.717, 1.165) is 19.3 Å². The first kappa shape index (κ1) is 13.8. The Hall–Kier alpha value is -1.14. The van der Waals surface area contributed by atoms with E-state index in [1.165, 1.54) is 18.4 Å². The second-order valence-corrected chi connectivity index (χ2v) is 7.54. The van der Waals surface area contributed by atoms with Crippen LogP contribution in [0.25, 0.3) is 0 Å². The molecule has 20 heavy (non-hydrogen) atoms. The van der Waals surface area contributed by atoms with Crippen LogP contribution in [0.15, 0.2) is 24.3 Å². The summed E-state index contributed by atoms with van der Waals surface area (Å²) in [5.41, 5.74) is 0. The Labute approximate surface area is 118 Å². The number of ether oxygens (including phenoxy) is 1. The quantitative estimate of drug-likeness (QED) is 0.854. The molecule has 4 nitrogen and oxygen atoms in total. The van der Waals surface area contributed by atoms with Crippen LogP contribution in [0.4, 0.5) is 4.39 Å². The van der Waals surface area contributed by atoms with Gasteiger partial charge in [0.15, 0.2) is 0 Å². The summed E-state index contributed by atoms with van der Waals surface area (Å²) < 4.78 is 43.9. The van der Waals surface area contributed by atoms with Crippen LogP contribution >= 0.6 is 0 Å². The third-order valence-corrected chi connectivity index (χ3v) is 5.63. The number of hydrogen-bond acceptors (Lipinski definition) is 3. The van der Waals surface area contributed by atoms with Crippen LogP contribution in [0.5, 0.6) is 5.75 Å². The van der Waals surface area contributed by atoms with E-state index in [2.05, 4.69) is 0 Å². The Morgan fingerprint density at radius 2 is 2.00 bits per heavy atom.